The molecule has 108 valence electrons. The van der Waals surface area contributed by atoms with Gasteiger partial charge in [-0.3, -0.25) is 0 Å². The van der Waals surface area contributed by atoms with Crippen molar-refractivity contribution in [3.05, 3.63) is 0 Å². The van der Waals surface area contributed by atoms with Crippen LogP contribution in [0.5, 0.6) is 0 Å². The fraction of sp³-hybridized carbons (Fsp3) is 1.00. The Balaban J connectivity index is 2.51. The second-order valence-electron chi connectivity index (χ2n) is 4.56. The summed E-state index contributed by atoms with van der Waals surface area (Å²) in [6.07, 6.45) is -0.0483. The Labute approximate surface area is 113 Å². The molecule has 1 N–H and O–H groups in total. The molecule has 1 fully saturated rings. The lowest BCUT2D eigenvalue weighted by Gasteiger charge is -2.15. The third-order valence-electron chi connectivity index (χ3n) is 2.42. The van der Waals surface area contributed by atoms with E-state index < -0.39 is 31.3 Å². The molecule has 1 saturated heterocycles. The topological polar surface area (TPSA) is 89.5 Å². The zero-order valence-corrected chi connectivity index (χ0v) is 12.7. The molecule has 1 heterocycles. The average Bonchev–Trinajstić information content (AvgIpc) is 2.37. The van der Waals surface area contributed by atoms with Crippen molar-refractivity contribution in [2.75, 3.05) is 23.9 Å². The van der Waals surface area contributed by atoms with Crippen molar-refractivity contribution in [1.82, 2.24) is 4.72 Å². The SMILES string of the molecule is CC(C)OCCS(=O)(=O)NC1CS(=O)(=O)CC1Cl. The Morgan fingerprint density at radius 3 is 2.44 bits per heavy atom. The standard InChI is InChI=1S/C9H18ClNO5S2/c1-7(2)16-3-4-18(14,15)11-9-6-17(12,13)5-8(9)10/h7-9,11H,3-6H2,1-2H3. The smallest absolute Gasteiger partial charge is 0.214 e. The second-order valence-corrected chi connectivity index (χ2v) is 9.14. The summed E-state index contributed by atoms with van der Waals surface area (Å²) in [5.41, 5.74) is 0. The fourth-order valence-corrected chi connectivity index (χ4v) is 5.47. The first-order chi connectivity index (χ1) is 8.11. The van der Waals surface area contributed by atoms with E-state index in [-0.39, 0.29) is 30.0 Å². The largest absolute Gasteiger partial charge is 0.378 e. The molecule has 1 aliphatic rings. The molecule has 0 aromatic carbocycles. The molecule has 0 spiro atoms. The van der Waals surface area contributed by atoms with Crippen LogP contribution < -0.4 is 4.72 Å². The van der Waals surface area contributed by atoms with E-state index >= 15 is 0 Å². The van der Waals surface area contributed by atoms with Crippen LogP contribution in [0.15, 0.2) is 0 Å². The first kappa shape index (κ1) is 16.2. The number of hydrogen-bond donors (Lipinski definition) is 1. The van der Waals surface area contributed by atoms with Gasteiger partial charge in [0.05, 0.1) is 41.4 Å². The van der Waals surface area contributed by atoms with Gasteiger partial charge < -0.3 is 4.74 Å². The van der Waals surface area contributed by atoms with Crippen molar-refractivity contribution in [2.45, 2.75) is 31.4 Å². The molecule has 6 nitrogen and oxygen atoms in total. The van der Waals surface area contributed by atoms with Crippen molar-refractivity contribution in [2.24, 2.45) is 0 Å². The summed E-state index contributed by atoms with van der Waals surface area (Å²) in [7, 11) is -6.81. The van der Waals surface area contributed by atoms with E-state index in [4.69, 9.17) is 16.3 Å². The molecular formula is C9H18ClNO5S2. The molecule has 2 atom stereocenters. The molecule has 0 amide bonds. The normalized spacial score (nSPS) is 27.8. The molecule has 9 heteroatoms. The summed E-state index contributed by atoms with van der Waals surface area (Å²) in [5.74, 6) is -0.638. The number of ether oxygens (including phenoxy) is 1. The van der Waals surface area contributed by atoms with E-state index in [1.165, 1.54) is 0 Å². The summed E-state index contributed by atoms with van der Waals surface area (Å²) in [6.45, 7) is 3.68. The Kier molecular flexibility index (Phi) is 5.43. The summed E-state index contributed by atoms with van der Waals surface area (Å²) >= 11 is 5.82. The van der Waals surface area contributed by atoms with Crippen LogP contribution in [0, 0.1) is 0 Å². The maximum Gasteiger partial charge on any atom is 0.214 e. The van der Waals surface area contributed by atoms with Gasteiger partial charge in [-0.25, -0.2) is 21.6 Å². The number of hydrogen-bond acceptors (Lipinski definition) is 5. The van der Waals surface area contributed by atoms with Crippen molar-refractivity contribution < 1.29 is 21.6 Å². The fourth-order valence-electron chi connectivity index (χ4n) is 1.60. The van der Waals surface area contributed by atoms with Gasteiger partial charge in [-0.05, 0) is 13.8 Å². The van der Waals surface area contributed by atoms with Gasteiger partial charge in [0.25, 0.3) is 0 Å². The molecule has 1 rings (SSSR count). The van der Waals surface area contributed by atoms with Gasteiger partial charge in [0.2, 0.25) is 10.0 Å². The Morgan fingerprint density at radius 1 is 1.39 bits per heavy atom. The van der Waals surface area contributed by atoms with Crippen LogP contribution in [0.3, 0.4) is 0 Å². The van der Waals surface area contributed by atoms with Crippen LogP contribution in [0.2, 0.25) is 0 Å². The van der Waals surface area contributed by atoms with Gasteiger partial charge in [-0.2, -0.15) is 0 Å². The lowest BCUT2D eigenvalue weighted by molar-refractivity contribution is 0.0911. The predicted octanol–water partition coefficient (Wildman–Crippen LogP) is -0.265. The number of sulfonamides is 1. The monoisotopic (exact) mass is 319 g/mol. The van der Waals surface area contributed by atoms with Gasteiger partial charge in [0.15, 0.2) is 9.84 Å². The van der Waals surface area contributed by atoms with E-state index in [0.717, 1.165) is 0 Å². The van der Waals surface area contributed by atoms with E-state index in [1.807, 2.05) is 0 Å². The summed E-state index contributed by atoms with van der Waals surface area (Å²) in [6, 6.07) is -0.749. The van der Waals surface area contributed by atoms with Crippen molar-refractivity contribution >= 4 is 31.5 Å². The third kappa shape index (κ3) is 5.40. The number of nitrogens with one attached hydrogen (secondary N) is 1. The van der Waals surface area contributed by atoms with Crippen molar-refractivity contribution in [3.63, 3.8) is 0 Å². The third-order valence-corrected chi connectivity index (χ3v) is 6.16. The highest BCUT2D eigenvalue weighted by molar-refractivity contribution is 7.92. The maximum absolute atomic E-state index is 11.7. The number of halogens is 1. The second kappa shape index (κ2) is 6.04. The molecular weight excluding hydrogens is 302 g/mol. The molecule has 1 aliphatic heterocycles. The average molecular weight is 320 g/mol. The molecule has 0 aliphatic carbocycles. The van der Waals surface area contributed by atoms with Crippen LogP contribution in [0.25, 0.3) is 0 Å². The molecule has 0 aromatic heterocycles. The lowest BCUT2D eigenvalue weighted by atomic mass is 10.3. The molecule has 2 unspecified atom stereocenters. The van der Waals surface area contributed by atoms with Crippen molar-refractivity contribution in [1.29, 1.82) is 0 Å². The van der Waals surface area contributed by atoms with Gasteiger partial charge in [0.1, 0.15) is 0 Å². The van der Waals surface area contributed by atoms with Gasteiger partial charge in [-0.15, -0.1) is 11.6 Å². The van der Waals surface area contributed by atoms with Crippen LogP contribution in [0.1, 0.15) is 13.8 Å². The van der Waals surface area contributed by atoms with Crippen molar-refractivity contribution in [3.8, 4) is 0 Å². The summed E-state index contributed by atoms with van der Waals surface area (Å²) in [4.78, 5) is 0. The minimum Gasteiger partial charge on any atom is -0.378 e. The van der Waals surface area contributed by atoms with Crippen LogP contribution in [0.4, 0.5) is 0 Å². The number of rotatable bonds is 6. The molecule has 0 bridgehead atoms. The minimum absolute atomic E-state index is 0.0483. The molecule has 0 aromatic rings. The highest BCUT2D eigenvalue weighted by atomic mass is 35.5. The summed E-state index contributed by atoms with van der Waals surface area (Å²) < 4.78 is 53.4. The van der Waals surface area contributed by atoms with E-state index in [2.05, 4.69) is 4.72 Å². The first-order valence-electron chi connectivity index (χ1n) is 5.57. The Morgan fingerprint density at radius 2 is 2.00 bits per heavy atom. The van der Waals surface area contributed by atoms with Gasteiger partial charge >= 0.3 is 0 Å². The van der Waals surface area contributed by atoms with E-state index in [1.54, 1.807) is 13.8 Å². The first-order valence-corrected chi connectivity index (χ1v) is 9.48. The van der Waals surface area contributed by atoms with Gasteiger partial charge in [0, 0.05) is 0 Å². The van der Waals surface area contributed by atoms with Crippen LogP contribution in [-0.4, -0.2) is 58.2 Å². The van der Waals surface area contributed by atoms with E-state index in [9.17, 15) is 16.8 Å². The van der Waals surface area contributed by atoms with Gasteiger partial charge in [-0.1, -0.05) is 0 Å². The minimum atomic E-state index is -3.57. The zero-order chi connectivity index (χ0) is 14.0. The Bertz CT molecular complexity index is 473. The molecule has 0 saturated carbocycles. The maximum atomic E-state index is 11.7. The lowest BCUT2D eigenvalue weighted by Crippen LogP contribution is -2.42. The van der Waals surface area contributed by atoms with Crippen LogP contribution >= 0.6 is 11.6 Å². The summed E-state index contributed by atoms with van der Waals surface area (Å²) in [5, 5.41) is -0.712. The number of sulfone groups is 1. The number of alkyl halides is 1. The highest BCUT2D eigenvalue weighted by Crippen LogP contribution is 2.18. The molecule has 18 heavy (non-hydrogen) atoms. The molecule has 0 radical (unpaired) electrons. The Hall–Kier alpha value is 0.110. The predicted molar refractivity (Wildman–Crippen MR) is 70.1 cm³/mol. The quantitative estimate of drug-likeness (QED) is 0.681. The zero-order valence-electron chi connectivity index (χ0n) is 10.3. The van der Waals surface area contributed by atoms with E-state index in [0.29, 0.717) is 0 Å². The van der Waals surface area contributed by atoms with Crippen LogP contribution in [-0.2, 0) is 24.6 Å². The highest BCUT2D eigenvalue weighted by Gasteiger charge is 2.38.